The summed E-state index contributed by atoms with van der Waals surface area (Å²) in [6.07, 6.45) is -6.96. The minimum atomic E-state index is -1.35. The number of ether oxygens (including phenoxy) is 5. The molecule has 0 radical (unpaired) electrons. The summed E-state index contributed by atoms with van der Waals surface area (Å²) < 4.78 is 25.9. The number of carbonyl (C=O) groups is 5. The Kier molecular flexibility index (Phi) is 8.16. The van der Waals surface area contributed by atoms with Crippen molar-refractivity contribution in [1.82, 2.24) is 0 Å². The molecule has 1 aliphatic heterocycles. The van der Waals surface area contributed by atoms with Gasteiger partial charge in [0.2, 0.25) is 0 Å². The van der Waals surface area contributed by atoms with E-state index in [-0.39, 0.29) is 0 Å². The first-order chi connectivity index (χ1) is 12.5. The van der Waals surface area contributed by atoms with Gasteiger partial charge in [0.15, 0.2) is 18.3 Å². The van der Waals surface area contributed by atoms with Crippen molar-refractivity contribution in [2.24, 2.45) is 0 Å². The third kappa shape index (κ3) is 7.21. The van der Waals surface area contributed by atoms with E-state index in [9.17, 15) is 24.0 Å². The van der Waals surface area contributed by atoms with E-state index in [2.05, 4.69) is 0 Å². The number of hydrogen-bond donors (Lipinski definition) is 1. The van der Waals surface area contributed by atoms with Crippen LogP contribution in [-0.4, -0.2) is 72.1 Å². The number of carbonyl (C=O) groups excluding carboxylic acids is 4. The van der Waals surface area contributed by atoms with Crippen LogP contribution in [0, 0.1) is 0 Å². The lowest BCUT2D eigenvalue weighted by Crippen LogP contribution is -2.62. The molecule has 0 amide bonds. The lowest BCUT2D eigenvalue weighted by molar-refractivity contribution is -0.253. The van der Waals surface area contributed by atoms with Gasteiger partial charge in [0, 0.05) is 27.7 Å². The molecule has 152 valence electrons. The highest BCUT2D eigenvalue weighted by molar-refractivity contribution is 5.70. The van der Waals surface area contributed by atoms with Crippen molar-refractivity contribution in [3.8, 4) is 0 Å². The van der Waals surface area contributed by atoms with Crippen molar-refractivity contribution in [3.05, 3.63) is 0 Å². The summed E-state index contributed by atoms with van der Waals surface area (Å²) in [5.41, 5.74) is 0. The molecule has 0 aromatic carbocycles. The fraction of sp³-hybridized carbons (Fsp3) is 0.688. The van der Waals surface area contributed by atoms with E-state index in [1.54, 1.807) is 0 Å². The van der Waals surface area contributed by atoms with Crippen LogP contribution in [0.1, 0.15) is 34.1 Å². The third-order valence-electron chi connectivity index (χ3n) is 3.46. The zero-order valence-electron chi connectivity index (χ0n) is 15.3. The van der Waals surface area contributed by atoms with Gasteiger partial charge in [-0.25, -0.2) is 0 Å². The van der Waals surface area contributed by atoms with Gasteiger partial charge < -0.3 is 28.8 Å². The van der Waals surface area contributed by atoms with Gasteiger partial charge in [-0.3, -0.25) is 24.0 Å². The standard InChI is InChI=1S/C16H22O11/c1-7(17)23-6-12-15(25-9(3)19)16(26-10(4)20)14(24-8(2)18)11(27-12)5-13(21)22/h11-12,14-16H,5-6H2,1-4H3,(H,21,22). The van der Waals surface area contributed by atoms with Crippen LogP contribution in [0.15, 0.2) is 0 Å². The minimum absolute atomic E-state index is 0.395. The highest BCUT2D eigenvalue weighted by Gasteiger charge is 2.52. The molecule has 5 atom stereocenters. The third-order valence-corrected chi connectivity index (χ3v) is 3.46. The molecule has 0 aromatic rings. The van der Waals surface area contributed by atoms with Crippen molar-refractivity contribution < 1.29 is 52.8 Å². The molecule has 0 aromatic heterocycles. The molecule has 0 saturated carbocycles. The van der Waals surface area contributed by atoms with Gasteiger partial charge in [-0.1, -0.05) is 0 Å². The Hall–Kier alpha value is -2.69. The highest BCUT2D eigenvalue weighted by Crippen LogP contribution is 2.30. The van der Waals surface area contributed by atoms with Gasteiger partial charge in [0.1, 0.15) is 18.8 Å². The van der Waals surface area contributed by atoms with Crippen LogP contribution in [0.2, 0.25) is 0 Å². The van der Waals surface area contributed by atoms with Crippen LogP contribution in [-0.2, 0) is 47.7 Å². The summed E-state index contributed by atoms with van der Waals surface area (Å²) in [7, 11) is 0. The van der Waals surface area contributed by atoms with E-state index >= 15 is 0 Å². The first kappa shape index (κ1) is 22.4. The fourth-order valence-corrected chi connectivity index (χ4v) is 2.65. The molecule has 1 heterocycles. The molecule has 1 fully saturated rings. The maximum Gasteiger partial charge on any atom is 0.306 e. The molecular formula is C16H22O11. The average molecular weight is 390 g/mol. The number of carboxylic acid groups (broad SMARTS) is 1. The molecule has 1 rings (SSSR count). The van der Waals surface area contributed by atoms with E-state index in [0.29, 0.717) is 0 Å². The van der Waals surface area contributed by atoms with E-state index in [1.807, 2.05) is 0 Å². The summed E-state index contributed by atoms with van der Waals surface area (Å²) >= 11 is 0. The predicted molar refractivity (Wildman–Crippen MR) is 84.2 cm³/mol. The molecule has 11 nitrogen and oxygen atoms in total. The zero-order valence-corrected chi connectivity index (χ0v) is 15.3. The maximum atomic E-state index is 11.5. The molecule has 0 bridgehead atoms. The highest BCUT2D eigenvalue weighted by atomic mass is 16.7. The second kappa shape index (κ2) is 9.86. The molecule has 11 heteroatoms. The topological polar surface area (TPSA) is 152 Å². The van der Waals surface area contributed by atoms with E-state index < -0.39 is 73.4 Å². The van der Waals surface area contributed by atoms with Crippen LogP contribution in [0.25, 0.3) is 0 Å². The van der Waals surface area contributed by atoms with E-state index in [4.69, 9.17) is 28.8 Å². The fourth-order valence-electron chi connectivity index (χ4n) is 2.65. The Bertz CT molecular complexity index is 599. The average Bonchev–Trinajstić information content (AvgIpc) is 2.49. The second-order valence-electron chi connectivity index (χ2n) is 5.84. The van der Waals surface area contributed by atoms with Crippen molar-refractivity contribution in [1.29, 1.82) is 0 Å². The maximum absolute atomic E-state index is 11.5. The summed E-state index contributed by atoms with van der Waals surface area (Å²) in [6, 6.07) is 0. The molecule has 5 unspecified atom stereocenters. The first-order valence-corrected chi connectivity index (χ1v) is 8.03. The number of rotatable bonds is 7. The van der Waals surface area contributed by atoms with Gasteiger partial charge in [-0.05, 0) is 0 Å². The van der Waals surface area contributed by atoms with Gasteiger partial charge in [0.25, 0.3) is 0 Å². The monoisotopic (exact) mass is 390 g/mol. The summed E-state index contributed by atoms with van der Waals surface area (Å²) in [4.78, 5) is 56.7. The summed E-state index contributed by atoms with van der Waals surface area (Å²) in [6.45, 7) is 4.00. The normalized spacial score (nSPS) is 27.2. The smallest absolute Gasteiger partial charge is 0.306 e. The van der Waals surface area contributed by atoms with Crippen molar-refractivity contribution in [2.75, 3.05) is 6.61 Å². The zero-order chi connectivity index (χ0) is 20.7. The number of aliphatic carboxylic acids is 1. The van der Waals surface area contributed by atoms with Crippen molar-refractivity contribution in [3.63, 3.8) is 0 Å². The number of hydrogen-bond acceptors (Lipinski definition) is 10. The lowest BCUT2D eigenvalue weighted by Gasteiger charge is -2.44. The van der Waals surface area contributed by atoms with Crippen molar-refractivity contribution in [2.45, 2.75) is 64.6 Å². The lowest BCUT2D eigenvalue weighted by atomic mass is 9.92. The first-order valence-electron chi connectivity index (χ1n) is 8.03. The Morgan fingerprint density at radius 3 is 1.59 bits per heavy atom. The van der Waals surface area contributed by atoms with Crippen molar-refractivity contribution >= 4 is 29.8 Å². The Morgan fingerprint density at radius 1 is 0.741 bits per heavy atom. The SMILES string of the molecule is CC(=O)OCC1OC(CC(=O)O)C(OC(C)=O)C(OC(C)=O)C1OC(C)=O. The van der Waals surface area contributed by atoms with Gasteiger partial charge >= 0.3 is 29.8 Å². The quantitative estimate of drug-likeness (QED) is 0.446. The summed E-state index contributed by atoms with van der Waals surface area (Å²) in [5.74, 6) is -4.24. The van der Waals surface area contributed by atoms with Crippen LogP contribution in [0.5, 0.6) is 0 Å². The second-order valence-corrected chi connectivity index (χ2v) is 5.84. The van der Waals surface area contributed by atoms with Crippen LogP contribution in [0.3, 0.4) is 0 Å². The Labute approximate surface area is 154 Å². The van der Waals surface area contributed by atoms with Gasteiger partial charge in [0.05, 0.1) is 6.42 Å². The largest absolute Gasteiger partial charge is 0.481 e. The van der Waals surface area contributed by atoms with Gasteiger partial charge in [-0.15, -0.1) is 0 Å². The van der Waals surface area contributed by atoms with E-state index in [0.717, 1.165) is 27.7 Å². The van der Waals surface area contributed by atoms with Crippen LogP contribution in [0.4, 0.5) is 0 Å². The molecule has 1 N–H and O–H groups in total. The summed E-state index contributed by atoms with van der Waals surface area (Å²) in [5, 5.41) is 9.10. The Balaban J connectivity index is 3.29. The minimum Gasteiger partial charge on any atom is -0.481 e. The van der Waals surface area contributed by atoms with Crippen LogP contribution >= 0.6 is 0 Å². The van der Waals surface area contributed by atoms with E-state index in [1.165, 1.54) is 0 Å². The Morgan fingerprint density at radius 2 is 1.19 bits per heavy atom. The number of carboxylic acids is 1. The molecule has 27 heavy (non-hydrogen) atoms. The molecule has 0 spiro atoms. The van der Waals surface area contributed by atoms with Gasteiger partial charge in [-0.2, -0.15) is 0 Å². The molecule has 1 saturated heterocycles. The van der Waals surface area contributed by atoms with Crippen LogP contribution < -0.4 is 0 Å². The molecular weight excluding hydrogens is 368 g/mol. The number of esters is 4. The molecule has 1 aliphatic rings. The predicted octanol–water partition coefficient (Wildman–Crippen LogP) is -0.413. The molecule has 0 aliphatic carbocycles.